The van der Waals surface area contributed by atoms with E-state index in [1.54, 1.807) is 25.3 Å². The second-order valence-electron chi connectivity index (χ2n) is 4.48. The van der Waals surface area contributed by atoms with E-state index in [-0.39, 0.29) is 18.0 Å². The summed E-state index contributed by atoms with van der Waals surface area (Å²) in [6, 6.07) is 3.40. The number of nitrogens with one attached hydrogen (secondary N) is 1. The molecular weight excluding hydrogens is 244 g/mol. The summed E-state index contributed by atoms with van der Waals surface area (Å²) >= 11 is 0. The minimum absolute atomic E-state index is 0.157. The summed E-state index contributed by atoms with van der Waals surface area (Å²) in [5.74, 6) is -0.835. The van der Waals surface area contributed by atoms with Crippen molar-refractivity contribution in [2.75, 3.05) is 20.2 Å². The molecule has 5 heteroatoms. The van der Waals surface area contributed by atoms with Crippen LogP contribution in [0.25, 0.3) is 0 Å². The van der Waals surface area contributed by atoms with Gasteiger partial charge in [-0.25, -0.2) is 4.79 Å². The molecule has 0 saturated carbocycles. The first kappa shape index (κ1) is 13.4. The van der Waals surface area contributed by atoms with Crippen LogP contribution in [0.3, 0.4) is 0 Å². The molecule has 1 aromatic rings. The predicted molar refractivity (Wildman–Crippen MR) is 70.6 cm³/mol. The molecule has 2 heterocycles. The van der Waals surface area contributed by atoms with Crippen LogP contribution in [0.5, 0.6) is 0 Å². The van der Waals surface area contributed by atoms with Crippen molar-refractivity contribution in [1.29, 1.82) is 0 Å². The predicted octanol–water partition coefficient (Wildman–Crippen LogP) is 1.74. The summed E-state index contributed by atoms with van der Waals surface area (Å²) in [6.45, 7) is 2.85. The van der Waals surface area contributed by atoms with Crippen LogP contribution >= 0.6 is 0 Å². The summed E-state index contributed by atoms with van der Waals surface area (Å²) in [6.07, 6.45) is 3.35. The maximum atomic E-state index is 12.4. The molecule has 0 spiro atoms. The third-order valence-corrected chi connectivity index (χ3v) is 3.21. The Balaban J connectivity index is 2.40. The molecule has 1 aliphatic rings. The maximum Gasteiger partial charge on any atom is 0.343 e. The smallest absolute Gasteiger partial charge is 0.343 e. The topological polar surface area (TPSA) is 62.4 Å². The van der Waals surface area contributed by atoms with Gasteiger partial charge in [-0.1, -0.05) is 0 Å². The van der Waals surface area contributed by atoms with Gasteiger partial charge in [0.1, 0.15) is 5.57 Å². The zero-order valence-corrected chi connectivity index (χ0v) is 11.2. The monoisotopic (exact) mass is 262 g/mol. The number of likely N-dealkylation sites (tertiary alicyclic amines) is 1. The Morgan fingerprint density at radius 1 is 1.47 bits per heavy atom. The van der Waals surface area contributed by atoms with E-state index in [0.29, 0.717) is 5.69 Å². The Kier molecular flexibility index (Phi) is 4.04. The summed E-state index contributed by atoms with van der Waals surface area (Å²) in [4.78, 5) is 29.3. The number of H-pyrrole nitrogens is 1. The van der Waals surface area contributed by atoms with Crippen molar-refractivity contribution in [3.8, 4) is 0 Å². The van der Waals surface area contributed by atoms with E-state index in [1.165, 1.54) is 0 Å². The molecule has 0 unspecified atom stereocenters. The number of esters is 1. The van der Waals surface area contributed by atoms with Crippen molar-refractivity contribution in [1.82, 2.24) is 9.88 Å². The van der Waals surface area contributed by atoms with Gasteiger partial charge < -0.3 is 14.6 Å². The first-order valence-electron chi connectivity index (χ1n) is 6.44. The Labute approximate surface area is 112 Å². The van der Waals surface area contributed by atoms with Gasteiger partial charge in [-0.15, -0.1) is 0 Å². The molecule has 0 bridgehead atoms. The molecule has 2 rings (SSSR count). The lowest BCUT2D eigenvalue weighted by Crippen LogP contribution is -2.23. The number of Topliss-reactive ketones (excluding diaryl/α,β-unsaturated/α-hetero) is 1. The fraction of sp³-hybridized carbons (Fsp3) is 0.429. The number of hydrogen-bond donors (Lipinski definition) is 1. The number of ketones is 1. The summed E-state index contributed by atoms with van der Waals surface area (Å²) in [7, 11) is 1.89. The molecule has 19 heavy (non-hydrogen) atoms. The molecule has 1 fully saturated rings. The van der Waals surface area contributed by atoms with Crippen molar-refractivity contribution < 1.29 is 14.3 Å². The van der Waals surface area contributed by atoms with E-state index in [9.17, 15) is 9.59 Å². The normalized spacial score (nSPS) is 17.5. The molecule has 1 aliphatic heterocycles. The van der Waals surface area contributed by atoms with Crippen LogP contribution in [0.2, 0.25) is 0 Å². The summed E-state index contributed by atoms with van der Waals surface area (Å²) in [5, 5.41) is 0. The van der Waals surface area contributed by atoms with Gasteiger partial charge in [0.2, 0.25) is 5.78 Å². The number of allylic oxidation sites excluding steroid dienone is 1. The third-order valence-electron chi connectivity index (χ3n) is 3.21. The fourth-order valence-electron chi connectivity index (χ4n) is 2.28. The van der Waals surface area contributed by atoms with E-state index < -0.39 is 5.97 Å². The lowest BCUT2D eigenvalue weighted by Gasteiger charge is -2.16. The van der Waals surface area contributed by atoms with Crippen LogP contribution in [0.4, 0.5) is 0 Å². The quantitative estimate of drug-likeness (QED) is 0.295. The fourth-order valence-corrected chi connectivity index (χ4v) is 2.28. The van der Waals surface area contributed by atoms with Crippen LogP contribution in [0.15, 0.2) is 29.6 Å². The molecule has 5 nitrogen and oxygen atoms in total. The average molecular weight is 262 g/mol. The molecule has 1 aromatic heterocycles. The van der Waals surface area contributed by atoms with Gasteiger partial charge in [-0.2, -0.15) is 0 Å². The zero-order valence-electron chi connectivity index (χ0n) is 11.2. The van der Waals surface area contributed by atoms with E-state index in [0.717, 1.165) is 25.1 Å². The third kappa shape index (κ3) is 2.70. The number of nitrogens with zero attached hydrogens (tertiary/aromatic N) is 1. The highest BCUT2D eigenvalue weighted by molar-refractivity contribution is 6.24. The number of hydrogen-bond acceptors (Lipinski definition) is 4. The van der Waals surface area contributed by atoms with Gasteiger partial charge in [0.15, 0.2) is 0 Å². The Morgan fingerprint density at radius 2 is 2.26 bits per heavy atom. The maximum absolute atomic E-state index is 12.4. The molecule has 0 aliphatic carbocycles. The van der Waals surface area contributed by atoms with E-state index >= 15 is 0 Å². The molecule has 102 valence electrons. The SMILES string of the molecule is CCOC(=O)/C(C(=O)c1ccc[nH]1)=C1\CCCN1C. The van der Waals surface area contributed by atoms with Gasteiger partial charge in [-0.05, 0) is 31.9 Å². The molecular formula is C14H18N2O3. The average Bonchev–Trinajstić information content (AvgIpc) is 3.02. The molecule has 0 atom stereocenters. The van der Waals surface area contributed by atoms with Crippen LogP contribution in [0, 0.1) is 0 Å². The van der Waals surface area contributed by atoms with Crippen LogP contribution in [-0.2, 0) is 9.53 Å². The van der Waals surface area contributed by atoms with Crippen LogP contribution in [0.1, 0.15) is 30.3 Å². The Hall–Kier alpha value is -2.04. The van der Waals surface area contributed by atoms with Gasteiger partial charge in [0.05, 0.1) is 12.3 Å². The zero-order chi connectivity index (χ0) is 13.8. The number of aromatic amines is 1. The molecule has 0 radical (unpaired) electrons. The van der Waals surface area contributed by atoms with Gasteiger partial charge in [-0.3, -0.25) is 4.79 Å². The van der Waals surface area contributed by atoms with E-state index in [4.69, 9.17) is 4.74 Å². The summed E-state index contributed by atoms with van der Waals surface area (Å²) in [5.41, 5.74) is 1.35. The highest BCUT2D eigenvalue weighted by Crippen LogP contribution is 2.25. The number of ether oxygens (including phenoxy) is 1. The van der Waals surface area contributed by atoms with E-state index in [2.05, 4.69) is 4.98 Å². The Bertz CT molecular complexity index is 503. The van der Waals surface area contributed by atoms with E-state index in [1.807, 2.05) is 11.9 Å². The molecule has 1 saturated heterocycles. The highest BCUT2D eigenvalue weighted by Gasteiger charge is 2.29. The number of carbonyl (C=O) groups is 2. The first-order chi connectivity index (χ1) is 9.15. The molecule has 0 aromatic carbocycles. The van der Waals surface area contributed by atoms with Crippen LogP contribution in [-0.4, -0.2) is 41.8 Å². The van der Waals surface area contributed by atoms with Crippen LogP contribution < -0.4 is 0 Å². The lowest BCUT2D eigenvalue weighted by atomic mass is 10.0. The molecule has 0 amide bonds. The minimum atomic E-state index is -0.536. The molecule has 1 N–H and O–H groups in total. The van der Waals surface area contributed by atoms with Crippen molar-refractivity contribution in [3.05, 3.63) is 35.3 Å². The van der Waals surface area contributed by atoms with Gasteiger partial charge >= 0.3 is 5.97 Å². The number of carbonyl (C=O) groups excluding carboxylic acids is 2. The number of aromatic nitrogens is 1. The van der Waals surface area contributed by atoms with Crippen molar-refractivity contribution in [3.63, 3.8) is 0 Å². The second-order valence-corrected chi connectivity index (χ2v) is 4.48. The van der Waals surface area contributed by atoms with Crippen molar-refractivity contribution in [2.45, 2.75) is 19.8 Å². The van der Waals surface area contributed by atoms with Gasteiger partial charge in [0, 0.05) is 25.5 Å². The van der Waals surface area contributed by atoms with Crippen molar-refractivity contribution >= 4 is 11.8 Å². The van der Waals surface area contributed by atoms with Gasteiger partial charge in [0.25, 0.3) is 0 Å². The first-order valence-corrected chi connectivity index (χ1v) is 6.44. The largest absolute Gasteiger partial charge is 0.462 e. The minimum Gasteiger partial charge on any atom is -0.462 e. The summed E-state index contributed by atoms with van der Waals surface area (Å²) < 4.78 is 5.03. The lowest BCUT2D eigenvalue weighted by molar-refractivity contribution is -0.138. The Morgan fingerprint density at radius 3 is 2.79 bits per heavy atom. The standard InChI is InChI=1S/C14H18N2O3/c1-3-19-14(18)12(11-7-5-9-16(11)2)13(17)10-6-4-8-15-10/h4,6,8,15H,3,5,7,9H2,1-2H3/b12-11+. The number of rotatable bonds is 4. The highest BCUT2D eigenvalue weighted by atomic mass is 16.5. The van der Waals surface area contributed by atoms with Crippen molar-refractivity contribution in [2.24, 2.45) is 0 Å². The second kappa shape index (κ2) is 5.73.